The van der Waals surface area contributed by atoms with Crippen LogP contribution in [0.3, 0.4) is 0 Å². The van der Waals surface area contributed by atoms with Gasteiger partial charge >= 0.3 is 5.97 Å². The Morgan fingerprint density at radius 2 is 1.85 bits per heavy atom. The monoisotopic (exact) mass is 653 g/mol. The van der Waals surface area contributed by atoms with Gasteiger partial charge in [0.15, 0.2) is 11.6 Å². The van der Waals surface area contributed by atoms with E-state index in [0.29, 0.717) is 56.8 Å². The molecule has 4 aromatic rings. The standard InChI is InChI=1S/C33H31ClF3N5O4/c1-44-32(43)21-14-26(37)30-27(15-21)42(19-33(8-9-33)10-11-38)28(39-30)17-41-12-6-23(7-13-41)46-29-5-4-24(35)31(40-29)45-18-20-2-3-22(34)16-25(20)36/h2-5,14-16,23H,6-10,12-13,17-19H2,1H3. The third-order valence-corrected chi connectivity index (χ3v) is 8.80. The lowest BCUT2D eigenvalue weighted by Crippen LogP contribution is -2.38. The molecule has 0 N–H and O–H groups in total. The molecule has 6 rings (SSSR count). The van der Waals surface area contributed by atoms with Crippen molar-refractivity contribution in [2.75, 3.05) is 20.2 Å². The summed E-state index contributed by atoms with van der Waals surface area (Å²) in [5, 5.41) is 9.64. The molecule has 0 radical (unpaired) electrons. The van der Waals surface area contributed by atoms with Crippen LogP contribution in [0, 0.1) is 34.2 Å². The van der Waals surface area contributed by atoms with Crippen molar-refractivity contribution in [3.63, 3.8) is 0 Å². The molecule has 0 unspecified atom stereocenters. The smallest absolute Gasteiger partial charge is 0.338 e. The second-order valence-electron chi connectivity index (χ2n) is 11.8. The summed E-state index contributed by atoms with van der Waals surface area (Å²) in [4.78, 5) is 23.2. The number of halogens is 4. The number of ether oxygens (including phenoxy) is 3. The quantitative estimate of drug-likeness (QED) is 0.167. The van der Waals surface area contributed by atoms with Gasteiger partial charge in [-0.2, -0.15) is 10.2 Å². The number of imidazole rings is 1. The van der Waals surface area contributed by atoms with Crippen molar-refractivity contribution < 1.29 is 32.2 Å². The number of carbonyl (C=O) groups is 1. The lowest BCUT2D eigenvalue weighted by atomic mass is 10.0. The Kier molecular flexibility index (Phi) is 9.06. The van der Waals surface area contributed by atoms with Gasteiger partial charge in [0.2, 0.25) is 5.88 Å². The number of benzene rings is 2. The minimum absolute atomic E-state index is 0.100. The Labute approximate surface area is 268 Å². The minimum Gasteiger partial charge on any atom is -0.474 e. The van der Waals surface area contributed by atoms with Crippen molar-refractivity contribution >= 4 is 28.6 Å². The van der Waals surface area contributed by atoms with Gasteiger partial charge in [0, 0.05) is 48.1 Å². The van der Waals surface area contributed by atoms with Crippen molar-refractivity contribution in [2.24, 2.45) is 5.41 Å². The molecular formula is C33H31ClF3N5O4. The fourth-order valence-electron chi connectivity index (χ4n) is 5.75. The second kappa shape index (κ2) is 13.2. The molecule has 1 aliphatic carbocycles. The zero-order valence-electron chi connectivity index (χ0n) is 25.1. The second-order valence-corrected chi connectivity index (χ2v) is 12.3. The molecule has 2 aromatic heterocycles. The Hall–Kier alpha value is -4.34. The first-order chi connectivity index (χ1) is 22.2. The average molecular weight is 654 g/mol. The topological polar surface area (TPSA) is 102 Å². The molecule has 0 bridgehead atoms. The molecule has 46 heavy (non-hydrogen) atoms. The van der Waals surface area contributed by atoms with E-state index in [1.165, 1.54) is 31.4 Å². The highest BCUT2D eigenvalue weighted by molar-refractivity contribution is 6.30. The molecule has 0 atom stereocenters. The van der Waals surface area contributed by atoms with Crippen LogP contribution in [0.5, 0.6) is 11.8 Å². The first kappa shape index (κ1) is 31.6. The predicted octanol–water partition coefficient (Wildman–Crippen LogP) is 6.60. The molecular weight excluding hydrogens is 623 g/mol. The van der Waals surface area contributed by atoms with Gasteiger partial charge in [-0.25, -0.2) is 22.9 Å². The number of fused-ring (bicyclic) bond motifs is 1. The number of aromatic nitrogens is 3. The molecule has 3 heterocycles. The third kappa shape index (κ3) is 6.90. The largest absolute Gasteiger partial charge is 0.474 e. The molecule has 0 amide bonds. The van der Waals surface area contributed by atoms with Crippen LogP contribution in [0.1, 0.15) is 53.8 Å². The Morgan fingerprint density at radius 3 is 2.54 bits per heavy atom. The Morgan fingerprint density at radius 1 is 1.07 bits per heavy atom. The van der Waals surface area contributed by atoms with E-state index < -0.39 is 23.4 Å². The summed E-state index contributed by atoms with van der Waals surface area (Å²) in [5.74, 6) is -1.96. The summed E-state index contributed by atoms with van der Waals surface area (Å²) in [6.07, 6.45) is 3.26. The van der Waals surface area contributed by atoms with E-state index in [1.807, 2.05) is 4.57 Å². The molecule has 240 valence electrons. The third-order valence-electron chi connectivity index (χ3n) is 8.57. The van der Waals surface area contributed by atoms with Gasteiger partial charge in [0.05, 0.1) is 30.8 Å². The zero-order chi connectivity index (χ0) is 32.4. The van der Waals surface area contributed by atoms with E-state index in [4.69, 9.17) is 25.8 Å². The fourth-order valence-corrected chi connectivity index (χ4v) is 5.91. The fraction of sp³-hybridized carbons (Fsp3) is 0.394. The van der Waals surface area contributed by atoms with Crippen LogP contribution in [-0.2, 0) is 24.4 Å². The molecule has 1 saturated carbocycles. The molecule has 13 heteroatoms. The van der Waals surface area contributed by atoms with Crippen molar-refractivity contribution in [1.82, 2.24) is 19.4 Å². The number of hydrogen-bond acceptors (Lipinski definition) is 8. The van der Waals surface area contributed by atoms with Crippen LogP contribution in [0.25, 0.3) is 11.0 Å². The van der Waals surface area contributed by atoms with Crippen LogP contribution < -0.4 is 9.47 Å². The molecule has 2 aromatic carbocycles. The van der Waals surface area contributed by atoms with E-state index in [2.05, 4.69) is 20.9 Å². The molecule has 2 aliphatic rings. The van der Waals surface area contributed by atoms with Gasteiger partial charge in [-0.1, -0.05) is 17.7 Å². The summed E-state index contributed by atoms with van der Waals surface area (Å²) in [7, 11) is 1.25. The van der Waals surface area contributed by atoms with E-state index in [1.54, 1.807) is 6.07 Å². The van der Waals surface area contributed by atoms with E-state index in [9.17, 15) is 18.8 Å². The number of methoxy groups -OCH3 is 1. The van der Waals surface area contributed by atoms with Crippen LogP contribution in [0.15, 0.2) is 42.5 Å². The number of pyridine rings is 1. The number of hydrogen-bond donors (Lipinski definition) is 0. The van der Waals surface area contributed by atoms with Gasteiger partial charge in [0.1, 0.15) is 29.9 Å². The van der Waals surface area contributed by atoms with Crippen LogP contribution in [-0.4, -0.2) is 51.7 Å². The highest BCUT2D eigenvalue weighted by Crippen LogP contribution is 2.50. The van der Waals surface area contributed by atoms with E-state index >= 15 is 4.39 Å². The molecule has 1 aliphatic heterocycles. The number of rotatable bonds is 11. The van der Waals surface area contributed by atoms with Crippen molar-refractivity contribution in [1.29, 1.82) is 5.26 Å². The maximum Gasteiger partial charge on any atom is 0.338 e. The average Bonchev–Trinajstić information content (AvgIpc) is 3.72. The van der Waals surface area contributed by atoms with Crippen LogP contribution in [0.2, 0.25) is 5.02 Å². The highest BCUT2D eigenvalue weighted by Gasteiger charge is 2.43. The molecule has 9 nitrogen and oxygen atoms in total. The van der Waals surface area contributed by atoms with Crippen molar-refractivity contribution in [3.05, 3.63) is 81.9 Å². The maximum atomic E-state index is 15.2. The number of nitriles is 1. The van der Waals surface area contributed by atoms with Crippen LogP contribution >= 0.6 is 11.6 Å². The Bertz CT molecular complexity index is 1820. The van der Waals surface area contributed by atoms with E-state index in [-0.39, 0.29) is 51.6 Å². The zero-order valence-corrected chi connectivity index (χ0v) is 25.8. The minimum atomic E-state index is -0.697. The summed E-state index contributed by atoms with van der Waals surface area (Å²) in [6, 6.07) is 11.8. The lowest BCUT2D eigenvalue weighted by Gasteiger charge is -2.32. The lowest BCUT2D eigenvalue weighted by molar-refractivity contribution is 0.0600. The number of likely N-dealkylation sites (tertiary alicyclic amines) is 1. The highest BCUT2D eigenvalue weighted by atomic mass is 35.5. The Balaban J connectivity index is 1.12. The maximum absolute atomic E-state index is 15.2. The van der Waals surface area contributed by atoms with E-state index in [0.717, 1.165) is 25.0 Å². The van der Waals surface area contributed by atoms with Crippen molar-refractivity contribution in [3.8, 4) is 17.8 Å². The normalized spacial score (nSPS) is 16.3. The van der Waals surface area contributed by atoms with Gasteiger partial charge < -0.3 is 18.8 Å². The number of carbonyl (C=O) groups excluding carboxylic acids is 1. The number of esters is 1. The van der Waals surface area contributed by atoms with Crippen molar-refractivity contribution in [2.45, 2.75) is 57.9 Å². The first-order valence-electron chi connectivity index (χ1n) is 14.9. The molecule has 2 fully saturated rings. The van der Waals surface area contributed by atoms with Gasteiger partial charge in [0.25, 0.3) is 5.88 Å². The summed E-state index contributed by atoms with van der Waals surface area (Å²) in [6.45, 7) is 2.00. The molecule has 0 spiro atoms. The predicted molar refractivity (Wildman–Crippen MR) is 162 cm³/mol. The number of nitrogens with zero attached hydrogens (tertiary/aromatic N) is 5. The molecule has 1 saturated heterocycles. The van der Waals surface area contributed by atoms with Gasteiger partial charge in [-0.05, 0) is 56.0 Å². The SMILES string of the molecule is COC(=O)c1cc(F)c2nc(CN3CCC(Oc4ccc(F)c(OCc5ccc(Cl)cc5F)n4)CC3)n(CC3(CC#N)CC3)c2c1. The van der Waals surface area contributed by atoms with Gasteiger partial charge in [-0.3, -0.25) is 4.90 Å². The van der Waals surface area contributed by atoms with Gasteiger partial charge in [-0.15, -0.1) is 0 Å². The summed E-state index contributed by atoms with van der Waals surface area (Å²) >= 11 is 5.79. The first-order valence-corrected chi connectivity index (χ1v) is 15.3. The van der Waals surface area contributed by atoms with Crippen LogP contribution in [0.4, 0.5) is 13.2 Å². The number of piperidine rings is 1. The summed E-state index contributed by atoms with van der Waals surface area (Å²) < 4.78 is 61.9. The summed E-state index contributed by atoms with van der Waals surface area (Å²) in [5.41, 5.74) is 0.791.